The molecule has 4 aromatic carbocycles. The van der Waals surface area contributed by atoms with E-state index in [1.165, 1.54) is 21.9 Å². The molecule has 0 saturated carbocycles. The first kappa shape index (κ1) is 22.3. The van der Waals surface area contributed by atoms with Gasteiger partial charge >= 0.3 is 0 Å². The third-order valence-corrected chi connectivity index (χ3v) is 7.46. The second kappa shape index (κ2) is 8.29. The summed E-state index contributed by atoms with van der Waals surface area (Å²) in [6, 6.07) is 30.1. The van der Waals surface area contributed by atoms with Crippen molar-refractivity contribution in [2.45, 2.75) is 13.8 Å². The quantitative estimate of drug-likeness (QED) is 0.248. The first-order valence-corrected chi connectivity index (χ1v) is 12.7. The van der Waals surface area contributed by atoms with E-state index in [1.807, 2.05) is 12.2 Å². The molecule has 3 heterocycles. The molecule has 4 nitrogen and oxygen atoms in total. The van der Waals surface area contributed by atoms with Gasteiger partial charge in [0.2, 0.25) is 0 Å². The first-order chi connectivity index (χ1) is 18.6. The highest BCUT2D eigenvalue weighted by Crippen LogP contribution is 2.35. The number of aryl methyl sites for hydroxylation is 2. The fourth-order valence-corrected chi connectivity index (χ4v) is 5.61. The summed E-state index contributed by atoms with van der Waals surface area (Å²) in [5.74, 6) is 1.57. The fourth-order valence-electron chi connectivity index (χ4n) is 5.61. The number of benzene rings is 4. The van der Waals surface area contributed by atoms with Crippen LogP contribution in [0.1, 0.15) is 22.3 Å². The molecule has 7 aromatic rings. The SMILES string of the molecule is C=Cc1ccc2c(c1)c1cc(C=C)ccc1n2-c1ccc(-n2c3ccc(C)cc3c3cc(C)ccc32)nn1. The molecular weight excluding hydrogens is 464 g/mol. The lowest BCUT2D eigenvalue weighted by Crippen LogP contribution is -2.03. The van der Waals surface area contributed by atoms with Gasteiger partial charge in [0, 0.05) is 21.5 Å². The van der Waals surface area contributed by atoms with Crippen molar-refractivity contribution in [1.29, 1.82) is 0 Å². The Morgan fingerprint density at radius 1 is 0.500 bits per heavy atom. The topological polar surface area (TPSA) is 35.6 Å². The molecule has 0 fully saturated rings. The second-order valence-electron chi connectivity index (χ2n) is 9.92. The van der Waals surface area contributed by atoms with Gasteiger partial charge in [-0.25, -0.2) is 0 Å². The Balaban J connectivity index is 1.45. The molecule has 0 saturated heterocycles. The second-order valence-corrected chi connectivity index (χ2v) is 9.92. The zero-order valence-corrected chi connectivity index (χ0v) is 21.4. The normalized spacial score (nSPS) is 11.6. The Kier molecular flexibility index (Phi) is 4.85. The molecule has 0 aliphatic heterocycles. The maximum Gasteiger partial charge on any atom is 0.160 e. The Morgan fingerprint density at radius 3 is 1.24 bits per heavy atom. The van der Waals surface area contributed by atoms with E-state index in [0.717, 1.165) is 55.6 Å². The summed E-state index contributed by atoms with van der Waals surface area (Å²) < 4.78 is 4.39. The third kappa shape index (κ3) is 3.24. The molecule has 0 N–H and O–H groups in total. The first-order valence-electron chi connectivity index (χ1n) is 12.7. The molecule has 0 unspecified atom stereocenters. The van der Waals surface area contributed by atoms with Crippen molar-refractivity contribution in [1.82, 2.24) is 19.3 Å². The Bertz CT molecular complexity index is 1950. The van der Waals surface area contributed by atoms with E-state index in [0.29, 0.717) is 0 Å². The fraction of sp³-hybridized carbons (Fsp3) is 0.0588. The van der Waals surface area contributed by atoms with E-state index in [2.05, 4.69) is 121 Å². The van der Waals surface area contributed by atoms with Crippen LogP contribution in [0.2, 0.25) is 0 Å². The number of fused-ring (bicyclic) bond motifs is 6. The standard InChI is InChI=1S/C34H26N4/c1-5-23-9-13-31-27(19-23)28-20-24(6-2)10-14-32(28)38(31)34-16-15-33(35-36-34)37-29-11-7-21(3)17-25(29)26-18-22(4)8-12-30(26)37/h5-20H,1-2H2,3-4H3. The Morgan fingerprint density at radius 2 is 0.868 bits per heavy atom. The molecule has 3 aromatic heterocycles. The lowest BCUT2D eigenvalue weighted by Gasteiger charge is -2.10. The van der Waals surface area contributed by atoms with Gasteiger partial charge in [-0.15, -0.1) is 10.2 Å². The molecule has 7 rings (SSSR count). The van der Waals surface area contributed by atoms with Gasteiger partial charge in [0.05, 0.1) is 22.1 Å². The molecule has 0 spiro atoms. The Hall–Kier alpha value is -4.96. The van der Waals surface area contributed by atoms with Gasteiger partial charge in [-0.2, -0.15) is 0 Å². The van der Waals surface area contributed by atoms with Crippen molar-refractivity contribution in [2.24, 2.45) is 0 Å². The summed E-state index contributed by atoms with van der Waals surface area (Å²) >= 11 is 0. The van der Waals surface area contributed by atoms with E-state index in [9.17, 15) is 0 Å². The van der Waals surface area contributed by atoms with Gasteiger partial charge in [-0.1, -0.05) is 60.7 Å². The average molecular weight is 491 g/mol. The zero-order valence-electron chi connectivity index (χ0n) is 21.4. The predicted molar refractivity (Wildman–Crippen MR) is 160 cm³/mol. The van der Waals surface area contributed by atoms with E-state index >= 15 is 0 Å². The van der Waals surface area contributed by atoms with Crippen LogP contribution >= 0.6 is 0 Å². The number of nitrogens with zero attached hydrogens (tertiary/aromatic N) is 4. The van der Waals surface area contributed by atoms with Gasteiger partial charge < -0.3 is 0 Å². The number of rotatable bonds is 4. The minimum Gasteiger partial charge on any atom is -0.292 e. The summed E-state index contributed by atoms with van der Waals surface area (Å²) in [5.41, 5.74) is 9.06. The molecule has 0 atom stereocenters. The summed E-state index contributed by atoms with van der Waals surface area (Å²) in [5, 5.41) is 14.3. The number of hydrogen-bond acceptors (Lipinski definition) is 2. The molecule has 0 aliphatic carbocycles. The largest absolute Gasteiger partial charge is 0.292 e. The van der Waals surface area contributed by atoms with Crippen molar-refractivity contribution in [3.8, 4) is 11.6 Å². The highest BCUT2D eigenvalue weighted by Gasteiger charge is 2.17. The van der Waals surface area contributed by atoms with Gasteiger partial charge in [0.25, 0.3) is 0 Å². The Labute approximate surface area is 220 Å². The van der Waals surface area contributed by atoms with Gasteiger partial charge in [0.1, 0.15) is 0 Å². The monoisotopic (exact) mass is 490 g/mol. The molecule has 0 radical (unpaired) electrons. The maximum absolute atomic E-state index is 4.76. The molecule has 0 bridgehead atoms. The number of hydrogen-bond donors (Lipinski definition) is 0. The van der Waals surface area contributed by atoms with E-state index in [1.54, 1.807) is 0 Å². The van der Waals surface area contributed by atoms with Gasteiger partial charge in [-0.3, -0.25) is 9.13 Å². The average Bonchev–Trinajstić information content (AvgIpc) is 3.44. The van der Waals surface area contributed by atoms with Crippen LogP contribution in [-0.2, 0) is 0 Å². The van der Waals surface area contributed by atoms with Crippen molar-refractivity contribution >= 4 is 55.8 Å². The van der Waals surface area contributed by atoms with Crippen molar-refractivity contribution < 1.29 is 0 Å². The van der Waals surface area contributed by atoms with Crippen LogP contribution in [-0.4, -0.2) is 19.3 Å². The summed E-state index contributed by atoms with van der Waals surface area (Å²) in [6.07, 6.45) is 3.76. The van der Waals surface area contributed by atoms with E-state index in [4.69, 9.17) is 10.2 Å². The van der Waals surface area contributed by atoms with Crippen LogP contribution in [0.5, 0.6) is 0 Å². The van der Waals surface area contributed by atoms with Crippen LogP contribution in [0.3, 0.4) is 0 Å². The van der Waals surface area contributed by atoms with Crippen LogP contribution in [0.15, 0.2) is 98.1 Å². The molecule has 0 amide bonds. The van der Waals surface area contributed by atoms with Crippen LogP contribution < -0.4 is 0 Å². The highest BCUT2D eigenvalue weighted by molar-refractivity contribution is 6.11. The van der Waals surface area contributed by atoms with Crippen molar-refractivity contribution in [2.75, 3.05) is 0 Å². The highest BCUT2D eigenvalue weighted by atomic mass is 15.2. The molecule has 182 valence electrons. The van der Waals surface area contributed by atoms with Gasteiger partial charge in [-0.05, 0) is 85.6 Å². The summed E-state index contributed by atoms with van der Waals surface area (Å²) in [7, 11) is 0. The molecule has 0 aliphatic rings. The van der Waals surface area contributed by atoms with Crippen LogP contribution in [0.4, 0.5) is 0 Å². The van der Waals surface area contributed by atoms with Gasteiger partial charge in [0.15, 0.2) is 11.6 Å². The smallest absolute Gasteiger partial charge is 0.160 e. The zero-order chi connectivity index (χ0) is 26.0. The molecule has 38 heavy (non-hydrogen) atoms. The molecular formula is C34H26N4. The van der Waals surface area contributed by atoms with Crippen molar-refractivity contribution in [3.05, 3.63) is 120 Å². The van der Waals surface area contributed by atoms with Crippen molar-refractivity contribution in [3.63, 3.8) is 0 Å². The number of aromatic nitrogens is 4. The maximum atomic E-state index is 4.76. The van der Waals surface area contributed by atoms with Crippen LogP contribution in [0, 0.1) is 13.8 Å². The van der Waals surface area contributed by atoms with E-state index in [-0.39, 0.29) is 0 Å². The predicted octanol–water partition coefficient (Wildman–Crippen LogP) is 8.57. The summed E-state index contributed by atoms with van der Waals surface area (Å²) in [4.78, 5) is 0. The minimum absolute atomic E-state index is 0.777. The minimum atomic E-state index is 0.777. The lowest BCUT2D eigenvalue weighted by molar-refractivity contribution is 0.909. The summed E-state index contributed by atoms with van der Waals surface area (Å²) in [6.45, 7) is 12.2. The lowest BCUT2D eigenvalue weighted by atomic mass is 10.1. The van der Waals surface area contributed by atoms with E-state index < -0.39 is 0 Å². The third-order valence-electron chi connectivity index (χ3n) is 7.46. The molecule has 4 heteroatoms. The van der Waals surface area contributed by atoms with Crippen LogP contribution in [0.25, 0.3) is 67.4 Å².